The van der Waals surface area contributed by atoms with Crippen molar-refractivity contribution in [2.75, 3.05) is 13.2 Å². The first-order valence-corrected chi connectivity index (χ1v) is 8.98. The lowest BCUT2D eigenvalue weighted by molar-refractivity contribution is 0.0383. The number of nitrogens with zero attached hydrogens (tertiary/aromatic N) is 2. The number of phenolic OH excluding ortho intramolecular Hbond substituents is 1. The second kappa shape index (κ2) is 7.63. The smallest absolute Gasteiger partial charge is 0.251 e. The van der Waals surface area contributed by atoms with Crippen molar-refractivity contribution in [1.82, 2.24) is 15.1 Å². The molecule has 1 aliphatic heterocycles. The molecule has 1 amide bonds. The zero-order valence-electron chi connectivity index (χ0n) is 14.8. The molecule has 3 aromatic rings. The number of carbonyl (C=O) groups excluding carboxylic acids is 1. The number of hydrogen-bond acceptors (Lipinski definition) is 4. The van der Waals surface area contributed by atoms with Crippen LogP contribution in [0.4, 0.5) is 0 Å². The number of fused-ring (bicyclic) bond motifs is 1. The molecule has 1 atom stereocenters. The Kier molecular flexibility index (Phi) is 4.89. The van der Waals surface area contributed by atoms with E-state index < -0.39 is 0 Å². The van der Waals surface area contributed by atoms with Crippen molar-refractivity contribution in [3.8, 4) is 5.75 Å². The number of aromatic nitrogens is 2. The van der Waals surface area contributed by atoms with Crippen LogP contribution in [0.2, 0.25) is 0 Å². The van der Waals surface area contributed by atoms with E-state index >= 15 is 0 Å². The van der Waals surface area contributed by atoms with Crippen LogP contribution in [-0.2, 0) is 17.7 Å². The standard InChI is InChI=1S/C21H21N3O3/c25-18-8-6-16(7-9-18)21(26)22-12-19-20-17(10-11-27-19)14-24(23-20)13-15-4-2-1-3-5-15/h1-9,14,19,25H,10-13H2,(H,22,26)/t19-/m1/s1. The Hall–Kier alpha value is -3.12. The molecule has 138 valence electrons. The maximum atomic E-state index is 12.3. The SMILES string of the molecule is O=C(NC[C@H]1OCCc2cn(Cc3ccccc3)nc21)c1ccc(O)cc1. The number of phenols is 1. The molecule has 2 aromatic carbocycles. The van der Waals surface area contributed by atoms with E-state index in [4.69, 9.17) is 9.84 Å². The molecule has 0 unspecified atom stereocenters. The average molecular weight is 363 g/mol. The van der Waals surface area contributed by atoms with Gasteiger partial charge in [-0.1, -0.05) is 30.3 Å². The zero-order chi connectivity index (χ0) is 18.6. The fourth-order valence-electron chi connectivity index (χ4n) is 3.24. The largest absolute Gasteiger partial charge is 0.508 e. The molecule has 6 nitrogen and oxygen atoms in total. The molecule has 6 heteroatoms. The second-order valence-corrected chi connectivity index (χ2v) is 6.59. The molecule has 0 radical (unpaired) electrons. The van der Waals surface area contributed by atoms with Crippen LogP contribution in [0.15, 0.2) is 60.8 Å². The lowest BCUT2D eigenvalue weighted by atomic mass is 10.1. The number of ether oxygens (including phenoxy) is 1. The van der Waals surface area contributed by atoms with Crippen LogP contribution >= 0.6 is 0 Å². The van der Waals surface area contributed by atoms with Crippen molar-refractivity contribution < 1.29 is 14.6 Å². The van der Waals surface area contributed by atoms with Gasteiger partial charge in [-0.15, -0.1) is 0 Å². The summed E-state index contributed by atoms with van der Waals surface area (Å²) in [5.74, 6) is -0.0646. The highest BCUT2D eigenvalue weighted by atomic mass is 16.5. The van der Waals surface area contributed by atoms with Gasteiger partial charge in [0, 0.05) is 18.3 Å². The Bertz CT molecular complexity index is 920. The van der Waals surface area contributed by atoms with Gasteiger partial charge in [-0.25, -0.2) is 0 Å². The summed E-state index contributed by atoms with van der Waals surface area (Å²) in [5.41, 5.74) is 3.75. The minimum Gasteiger partial charge on any atom is -0.508 e. The fourth-order valence-corrected chi connectivity index (χ4v) is 3.24. The van der Waals surface area contributed by atoms with Crippen LogP contribution in [0.1, 0.15) is 33.3 Å². The first-order valence-electron chi connectivity index (χ1n) is 8.98. The van der Waals surface area contributed by atoms with Crippen molar-refractivity contribution in [3.63, 3.8) is 0 Å². The van der Waals surface area contributed by atoms with Crippen molar-refractivity contribution in [1.29, 1.82) is 0 Å². The summed E-state index contributed by atoms with van der Waals surface area (Å²) in [6.45, 7) is 1.68. The zero-order valence-corrected chi connectivity index (χ0v) is 14.8. The number of carbonyl (C=O) groups is 1. The summed E-state index contributed by atoms with van der Waals surface area (Å²) in [6.07, 6.45) is 2.64. The Morgan fingerprint density at radius 3 is 2.74 bits per heavy atom. The van der Waals surface area contributed by atoms with E-state index in [1.807, 2.05) is 22.9 Å². The van der Waals surface area contributed by atoms with Gasteiger partial charge >= 0.3 is 0 Å². The van der Waals surface area contributed by atoms with Gasteiger partial charge in [0.15, 0.2) is 0 Å². The monoisotopic (exact) mass is 363 g/mol. The van der Waals surface area contributed by atoms with E-state index in [1.54, 1.807) is 12.1 Å². The number of benzene rings is 2. The molecule has 1 aromatic heterocycles. The van der Waals surface area contributed by atoms with Gasteiger partial charge in [-0.3, -0.25) is 9.48 Å². The van der Waals surface area contributed by atoms with Gasteiger partial charge in [-0.05, 0) is 41.8 Å². The third-order valence-corrected chi connectivity index (χ3v) is 4.63. The van der Waals surface area contributed by atoms with Crippen LogP contribution < -0.4 is 5.32 Å². The first-order chi connectivity index (χ1) is 13.2. The maximum absolute atomic E-state index is 12.3. The van der Waals surface area contributed by atoms with E-state index in [0.29, 0.717) is 25.3 Å². The van der Waals surface area contributed by atoms with E-state index in [2.05, 4.69) is 23.6 Å². The average Bonchev–Trinajstić information content (AvgIpc) is 3.10. The van der Waals surface area contributed by atoms with Gasteiger partial charge in [0.1, 0.15) is 11.9 Å². The van der Waals surface area contributed by atoms with Crippen LogP contribution in [0.3, 0.4) is 0 Å². The van der Waals surface area contributed by atoms with E-state index in [0.717, 1.165) is 12.1 Å². The highest BCUT2D eigenvalue weighted by Crippen LogP contribution is 2.25. The lowest BCUT2D eigenvalue weighted by Gasteiger charge is -2.22. The maximum Gasteiger partial charge on any atom is 0.251 e. The second-order valence-electron chi connectivity index (χ2n) is 6.59. The minimum atomic E-state index is -0.258. The number of aromatic hydroxyl groups is 1. The number of nitrogens with one attached hydrogen (secondary N) is 1. The molecule has 2 N–H and O–H groups in total. The predicted molar refractivity (Wildman–Crippen MR) is 101 cm³/mol. The molecule has 1 aliphatic rings. The Morgan fingerprint density at radius 2 is 1.96 bits per heavy atom. The van der Waals surface area contributed by atoms with Crippen LogP contribution in [0.25, 0.3) is 0 Å². The van der Waals surface area contributed by atoms with E-state index in [-0.39, 0.29) is 17.8 Å². The third kappa shape index (κ3) is 4.01. The third-order valence-electron chi connectivity index (χ3n) is 4.63. The van der Waals surface area contributed by atoms with Gasteiger partial charge in [-0.2, -0.15) is 5.10 Å². The van der Waals surface area contributed by atoms with Gasteiger partial charge < -0.3 is 15.2 Å². The summed E-state index contributed by atoms with van der Waals surface area (Å²) in [4.78, 5) is 12.3. The molecule has 2 heterocycles. The first kappa shape index (κ1) is 17.3. The normalized spacial score (nSPS) is 15.9. The van der Waals surface area contributed by atoms with Crippen LogP contribution in [-0.4, -0.2) is 33.9 Å². The molecule has 0 spiro atoms. The Balaban J connectivity index is 1.43. The van der Waals surface area contributed by atoms with Gasteiger partial charge in [0.25, 0.3) is 5.91 Å². The van der Waals surface area contributed by atoms with E-state index in [1.165, 1.54) is 23.3 Å². The number of rotatable bonds is 5. The predicted octanol–water partition coefficient (Wildman–Crippen LogP) is 2.68. The van der Waals surface area contributed by atoms with Crippen molar-refractivity contribution >= 4 is 5.91 Å². The molecular weight excluding hydrogens is 342 g/mol. The van der Waals surface area contributed by atoms with Crippen molar-refractivity contribution in [2.45, 2.75) is 19.1 Å². The topological polar surface area (TPSA) is 76.4 Å². The summed E-state index contributed by atoms with van der Waals surface area (Å²) >= 11 is 0. The molecule has 0 bridgehead atoms. The van der Waals surface area contributed by atoms with Crippen LogP contribution in [0, 0.1) is 0 Å². The summed E-state index contributed by atoms with van der Waals surface area (Å²) in [7, 11) is 0. The molecular formula is C21H21N3O3. The van der Waals surface area contributed by atoms with Crippen molar-refractivity contribution in [2.24, 2.45) is 0 Å². The highest BCUT2D eigenvalue weighted by Gasteiger charge is 2.25. The van der Waals surface area contributed by atoms with Gasteiger partial charge in [0.05, 0.1) is 18.8 Å². The quantitative estimate of drug-likeness (QED) is 0.731. The van der Waals surface area contributed by atoms with Crippen molar-refractivity contribution in [3.05, 3.63) is 83.2 Å². The molecule has 0 aliphatic carbocycles. The van der Waals surface area contributed by atoms with Gasteiger partial charge in [0.2, 0.25) is 0 Å². The van der Waals surface area contributed by atoms with E-state index in [9.17, 15) is 9.90 Å². The number of hydrogen-bond donors (Lipinski definition) is 2. The lowest BCUT2D eigenvalue weighted by Crippen LogP contribution is -2.31. The summed E-state index contributed by atoms with van der Waals surface area (Å²) in [6, 6.07) is 16.4. The highest BCUT2D eigenvalue weighted by molar-refractivity contribution is 5.94. The molecule has 4 rings (SSSR count). The molecule has 0 saturated carbocycles. The summed E-state index contributed by atoms with van der Waals surface area (Å²) < 4.78 is 7.78. The minimum absolute atomic E-state index is 0.135. The number of amides is 1. The molecule has 0 saturated heterocycles. The summed E-state index contributed by atoms with van der Waals surface area (Å²) in [5, 5.41) is 16.9. The Labute approximate surface area is 157 Å². The van der Waals surface area contributed by atoms with Crippen LogP contribution in [0.5, 0.6) is 5.75 Å². The molecule has 0 fully saturated rings. The molecule has 27 heavy (non-hydrogen) atoms. The fraction of sp³-hybridized carbons (Fsp3) is 0.238. The Morgan fingerprint density at radius 1 is 1.19 bits per heavy atom.